The molecule has 0 bridgehead atoms. The molecule has 428 valence electrons. The molecule has 0 fully saturated rings. The van der Waals surface area contributed by atoms with Crippen LogP contribution in [0, 0.1) is 0 Å². The van der Waals surface area contributed by atoms with Gasteiger partial charge in [-0.1, -0.05) is 255 Å². The van der Waals surface area contributed by atoms with Crippen LogP contribution in [0.5, 0.6) is 0 Å². The van der Waals surface area contributed by atoms with E-state index in [-0.39, 0.29) is 0 Å². The molecule has 18 rings (SSSR count). The summed E-state index contributed by atoms with van der Waals surface area (Å²) < 4.78 is 0. The average Bonchev–Trinajstić information content (AvgIpc) is 0.802. The third kappa shape index (κ3) is 10.0. The lowest BCUT2D eigenvalue weighted by atomic mass is 9.90. The second-order valence-electron chi connectivity index (χ2n) is 23.7. The fourth-order valence-electron chi connectivity index (χ4n) is 13.5. The molecule has 0 amide bonds. The molecule has 0 aliphatic rings. The van der Waals surface area contributed by atoms with Crippen LogP contribution in [0.2, 0.25) is 0 Å². The Morgan fingerprint density at radius 3 is 0.967 bits per heavy atom. The SMILES string of the molecule is c1ccc(-c2ccc(-c3cc(-c4ccc5ccccc5c4)nc4c3cc(-c3ccc5ccccc5c3)c3ccccc34)cc2)nc1.c1cncc(-c2ccc(-c3cc(-c4ccc5ccccc5c4)nc4c3cc(-c3ccc5ccccc5c3)c3ccccc34)cc2)c1. The van der Waals surface area contributed by atoms with Gasteiger partial charge in [-0.25, -0.2) is 9.97 Å². The first-order valence-electron chi connectivity index (χ1n) is 31.3. The normalized spacial score (nSPS) is 11.5. The van der Waals surface area contributed by atoms with Crippen molar-refractivity contribution in [3.05, 3.63) is 340 Å². The van der Waals surface area contributed by atoms with Gasteiger partial charge in [0.05, 0.1) is 28.1 Å². The predicted molar refractivity (Wildman–Crippen MR) is 388 cm³/mol. The van der Waals surface area contributed by atoms with Gasteiger partial charge in [-0.3, -0.25) is 9.97 Å². The lowest BCUT2D eigenvalue weighted by Gasteiger charge is -2.16. The van der Waals surface area contributed by atoms with Crippen molar-refractivity contribution in [2.45, 2.75) is 0 Å². The Labute approximate surface area is 532 Å². The number of nitrogens with zero attached hydrogens (tertiary/aromatic N) is 4. The molecule has 18 aromatic rings. The summed E-state index contributed by atoms with van der Waals surface area (Å²) in [5, 5.41) is 16.8. The van der Waals surface area contributed by atoms with E-state index in [9.17, 15) is 0 Å². The van der Waals surface area contributed by atoms with E-state index in [1.807, 2.05) is 36.8 Å². The van der Waals surface area contributed by atoms with Crippen LogP contribution in [0.4, 0.5) is 0 Å². The summed E-state index contributed by atoms with van der Waals surface area (Å²) in [6.07, 6.45) is 5.57. The lowest BCUT2D eigenvalue weighted by Crippen LogP contribution is -1.94. The molecular formula is C88H56N4. The van der Waals surface area contributed by atoms with Crippen LogP contribution in [0.25, 0.3) is 176 Å². The molecule has 14 aromatic carbocycles. The van der Waals surface area contributed by atoms with Gasteiger partial charge in [0.2, 0.25) is 0 Å². The lowest BCUT2D eigenvalue weighted by molar-refractivity contribution is 1.33. The number of aromatic nitrogens is 4. The molecule has 0 radical (unpaired) electrons. The highest BCUT2D eigenvalue weighted by Gasteiger charge is 2.20. The summed E-state index contributed by atoms with van der Waals surface area (Å²) in [5.74, 6) is 0. The van der Waals surface area contributed by atoms with Crippen LogP contribution in [0.1, 0.15) is 0 Å². The van der Waals surface area contributed by atoms with Crippen molar-refractivity contribution >= 4 is 86.4 Å². The number of hydrogen-bond acceptors (Lipinski definition) is 4. The first kappa shape index (κ1) is 54.0. The second kappa shape index (κ2) is 23.0. The Morgan fingerprint density at radius 2 is 0.543 bits per heavy atom. The molecule has 92 heavy (non-hydrogen) atoms. The van der Waals surface area contributed by atoms with E-state index in [4.69, 9.17) is 9.97 Å². The zero-order valence-corrected chi connectivity index (χ0v) is 50.1. The molecule has 0 N–H and O–H groups in total. The van der Waals surface area contributed by atoms with Crippen molar-refractivity contribution in [3.8, 4) is 89.4 Å². The molecule has 0 unspecified atom stereocenters. The molecular weight excluding hydrogens is 1110 g/mol. The van der Waals surface area contributed by atoms with Crippen LogP contribution in [0.15, 0.2) is 340 Å². The van der Waals surface area contributed by atoms with Crippen molar-refractivity contribution in [1.29, 1.82) is 0 Å². The molecule has 4 heterocycles. The fraction of sp³-hybridized carbons (Fsp3) is 0. The van der Waals surface area contributed by atoms with Gasteiger partial charge in [0, 0.05) is 56.8 Å². The summed E-state index contributed by atoms with van der Waals surface area (Å²) >= 11 is 0. The fourth-order valence-corrected chi connectivity index (χ4v) is 13.5. The number of hydrogen-bond donors (Lipinski definition) is 0. The predicted octanol–water partition coefficient (Wildman–Crippen LogP) is 23.5. The molecule has 4 aromatic heterocycles. The molecule has 0 aliphatic carbocycles. The summed E-state index contributed by atoms with van der Waals surface area (Å²) in [5.41, 5.74) is 19.9. The Morgan fingerprint density at radius 1 is 0.185 bits per heavy atom. The Kier molecular flexibility index (Phi) is 13.5. The maximum atomic E-state index is 5.41. The molecule has 0 saturated carbocycles. The topological polar surface area (TPSA) is 51.6 Å². The number of rotatable bonds is 8. The molecule has 0 saturated heterocycles. The van der Waals surface area contributed by atoms with Gasteiger partial charge in [-0.2, -0.15) is 0 Å². The van der Waals surface area contributed by atoms with E-state index in [0.29, 0.717) is 0 Å². The number of benzene rings is 14. The van der Waals surface area contributed by atoms with Gasteiger partial charge in [0.15, 0.2) is 0 Å². The van der Waals surface area contributed by atoms with E-state index in [2.05, 4.69) is 313 Å². The van der Waals surface area contributed by atoms with Gasteiger partial charge >= 0.3 is 0 Å². The Balaban J connectivity index is 0.000000141. The van der Waals surface area contributed by atoms with E-state index in [1.54, 1.807) is 0 Å². The monoisotopic (exact) mass is 1170 g/mol. The summed E-state index contributed by atoms with van der Waals surface area (Å²) in [6.45, 7) is 0. The molecule has 0 spiro atoms. The van der Waals surface area contributed by atoms with Crippen LogP contribution in [-0.2, 0) is 0 Å². The maximum absolute atomic E-state index is 5.41. The smallest absolute Gasteiger partial charge is 0.0794 e. The van der Waals surface area contributed by atoms with Crippen LogP contribution >= 0.6 is 0 Å². The highest BCUT2D eigenvalue weighted by Crippen LogP contribution is 2.44. The Hall–Kier alpha value is -12.2. The van der Waals surface area contributed by atoms with Gasteiger partial charge < -0.3 is 0 Å². The second-order valence-corrected chi connectivity index (χ2v) is 23.7. The van der Waals surface area contributed by atoms with Gasteiger partial charge in [0.25, 0.3) is 0 Å². The molecule has 4 heteroatoms. The van der Waals surface area contributed by atoms with Crippen molar-refractivity contribution in [2.24, 2.45) is 0 Å². The quantitative estimate of drug-likeness (QED) is 0.142. The average molecular weight is 1170 g/mol. The van der Waals surface area contributed by atoms with E-state index >= 15 is 0 Å². The van der Waals surface area contributed by atoms with Crippen LogP contribution < -0.4 is 0 Å². The van der Waals surface area contributed by atoms with E-state index in [0.717, 1.165) is 94.2 Å². The highest BCUT2D eigenvalue weighted by molar-refractivity contribution is 6.18. The largest absolute Gasteiger partial charge is 0.264 e. The zero-order valence-electron chi connectivity index (χ0n) is 50.1. The van der Waals surface area contributed by atoms with Crippen LogP contribution in [0.3, 0.4) is 0 Å². The van der Waals surface area contributed by atoms with E-state index < -0.39 is 0 Å². The molecule has 4 nitrogen and oxygen atoms in total. The minimum Gasteiger partial charge on any atom is -0.264 e. The minimum atomic E-state index is 0.964. The van der Waals surface area contributed by atoms with Gasteiger partial charge in [-0.05, 0) is 176 Å². The van der Waals surface area contributed by atoms with Crippen molar-refractivity contribution in [3.63, 3.8) is 0 Å². The van der Waals surface area contributed by atoms with Crippen molar-refractivity contribution < 1.29 is 0 Å². The first-order valence-corrected chi connectivity index (χ1v) is 31.3. The third-order valence-electron chi connectivity index (χ3n) is 18.2. The summed E-state index contributed by atoms with van der Waals surface area (Å²) in [6, 6.07) is 115. The first-order chi connectivity index (χ1) is 45.6. The Bertz CT molecular complexity index is 5500. The third-order valence-corrected chi connectivity index (χ3v) is 18.2. The van der Waals surface area contributed by atoms with Gasteiger partial charge in [0.1, 0.15) is 0 Å². The summed E-state index contributed by atoms with van der Waals surface area (Å²) in [4.78, 5) is 19.7. The standard InChI is InChI=1S/2C44H28N2/c1-3-11-33-25-35(22-16-29(33)9-1)39-27-41-40(31-18-20-32(21-19-31)42-15-7-8-24-45-42)28-43(46-44(41)38-14-6-5-13-37(38)39)36-23-17-30-10-2-4-12-34(30)26-36;1-3-10-33-24-35(21-17-29(33)8-1)40-26-42-41(32-19-15-31(16-20-32)37-12-7-23-45-28-37)27-43(46-44(42)39-14-6-5-13-38(39)40)36-22-18-30-9-2-4-11-34(30)25-36/h2*1-28H. The summed E-state index contributed by atoms with van der Waals surface area (Å²) in [7, 11) is 0. The van der Waals surface area contributed by atoms with Crippen LogP contribution in [-0.4, -0.2) is 19.9 Å². The maximum Gasteiger partial charge on any atom is 0.0794 e. The van der Waals surface area contributed by atoms with Gasteiger partial charge in [-0.15, -0.1) is 0 Å². The van der Waals surface area contributed by atoms with E-state index in [1.165, 1.54) is 81.7 Å². The molecule has 0 atom stereocenters. The number of pyridine rings is 4. The minimum absolute atomic E-state index is 0.964. The van der Waals surface area contributed by atoms with Crippen molar-refractivity contribution in [2.75, 3.05) is 0 Å². The van der Waals surface area contributed by atoms with Crippen molar-refractivity contribution in [1.82, 2.24) is 19.9 Å². The number of fused-ring (bicyclic) bond motifs is 10. The highest BCUT2D eigenvalue weighted by atomic mass is 14.7. The zero-order chi connectivity index (χ0) is 60.9. The molecule has 0 aliphatic heterocycles.